The lowest BCUT2D eigenvalue weighted by Gasteiger charge is -2.18. The molecule has 0 aromatic heterocycles. The fraction of sp³-hybridized carbons (Fsp3) is 0.143. The van der Waals surface area contributed by atoms with Crippen molar-refractivity contribution in [1.29, 1.82) is 0 Å². The normalized spacial score (nSPS) is 11.3. The SMILES string of the molecule is FC(F)(CNc1ccccc1I)c1ccccc1. The Bertz CT molecular complexity index is 514. The third-order valence-electron chi connectivity index (χ3n) is 2.57. The van der Waals surface area contributed by atoms with Crippen LogP contribution in [0.2, 0.25) is 0 Å². The molecular formula is C14H12F2IN. The molecule has 2 rings (SSSR count). The molecule has 2 aromatic rings. The largest absolute Gasteiger partial charge is 0.378 e. The fourth-order valence-electron chi connectivity index (χ4n) is 1.59. The fourth-order valence-corrected chi connectivity index (χ4v) is 2.17. The predicted octanol–water partition coefficient (Wildman–Crippen LogP) is 4.50. The van der Waals surface area contributed by atoms with E-state index in [-0.39, 0.29) is 5.56 Å². The molecule has 0 amide bonds. The first kappa shape index (κ1) is 13.3. The Morgan fingerprint density at radius 1 is 0.944 bits per heavy atom. The van der Waals surface area contributed by atoms with Crippen LogP contribution in [0.1, 0.15) is 5.56 Å². The van der Waals surface area contributed by atoms with Gasteiger partial charge in [0.2, 0.25) is 0 Å². The van der Waals surface area contributed by atoms with Gasteiger partial charge in [0.05, 0.1) is 6.54 Å². The van der Waals surface area contributed by atoms with Gasteiger partial charge >= 0.3 is 0 Å². The van der Waals surface area contributed by atoms with E-state index in [4.69, 9.17) is 0 Å². The summed E-state index contributed by atoms with van der Waals surface area (Å²) in [5.74, 6) is -2.87. The first-order valence-electron chi connectivity index (χ1n) is 5.51. The molecule has 94 valence electrons. The van der Waals surface area contributed by atoms with E-state index in [1.807, 2.05) is 18.2 Å². The molecule has 1 nitrogen and oxygen atoms in total. The van der Waals surface area contributed by atoms with E-state index in [2.05, 4.69) is 27.9 Å². The van der Waals surface area contributed by atoms with Crippen molar-refractivity contribution >= 4 is 28.3 Å². The van der Waals surface area contributed by atoms with Gasteiger partial charge in [-0.15, -0.1) is 0 Å². The molecule has 0 atom stereocenters. The van der Waals surface area contributed by atoms with Crippen molar-refractivity contribution in [3.63, 3.8) is 0 Å². The number of benzene rings is 2. The van der Waals surface area contributed by atoms with Gasteiger partial charge in [0, 0.05) is 14.8 Å². The van der Waals surface area contributed by atoms with Gasteiger partial charge in [-0.2, -0.15) is 8.78 Å². The molecule has 0 fully saturated rings. The van der Waals surface area contributed by atoms with Crippen molar-refractivity contribution in [2.45, 2.75) is 5.92 Å². The summed E-state index contributed by atoms with van der Waals surface area (Å²) in [4.78, 5) is 0. The van der Waals surface area contributed by atoms with Crippen molar-refractivity contribution in [1.82, 2.24) is 0 Å². The van der Waals surface area contributed by atoms with Crippen LogP contribution in [0, 0.1) is 3.57 Å². The lowest BCUT2D eigenvalue weighted by Crippen LogP contribution is -2.24. The molecular weight excluding hydrogens is 347 g/mol. The number of para-hydroxylation sites is 1. The number of anilines is 1. The quantitative estimate of drug-likeness (QED) is 0.793. The molecule has 4 heteroatoms. The van der Waals surface area contributed by atoms with Gasteiger partial charge in [-0.1, -0.05) is 42.5 Å². The summed E-state index contributed by atoms with van der Waals surface area (Å²) in [6, 6.07) is 15.2. The lowest BCUT2D eigenvalue weighted by molar-refractivity contribution is 0.0106. The highest BCUT2D eigenvalue weighted by Gasteiger charge is 2.30. The number of nitrogens with one attached hydrogen (secondary N) is 1. The third-order valence-corrected chi connectivity index (χ3v) is 3.51. The average Bonchev–Trinajstić information content (AvgIpc) is 2.39. The van der Waals surface area contributed by atoms with Crippen LogP contribution in [0.3, 0.4) is 0 Å². The average molecular weight is 359 g/mol. The standard InChI is InChI=1S/C14H12F2IN/c15-14(16,11-6-2-1-3-7-11)10-18-13-9-5-4-8-12(13)17/h1-9,18H,10H2. The molecule has 0 spiro atoms. The molecule has 0 aliphatic carbocycles. The maximum atomic E-state index is 13.9. The zero-order valence-electron chi connectivity index (χ0n) is 9.54. The zero-order chi connectivity index (χ0) is 13.0. The van der Waals surface area contributed by atoms with Crippen LogP contribution >= 0.6 is 22.6 Å². The molecule has 1 N–H and O–H groups in total. The van der Waals surface area contributed by atoms with E-state index in [9.17, 15) is 8.78 Å². The zero-order valence-corrected chi connectivity index (χ0v) is 11.7. The van der Waals surface area contributed by atoms with E-state index < -0.39 is 12.5 Å². The number of alkyl halides is 2. The van der Waals surface area contributed by atoms with Crippen molar-refractivity contribution in [2.24, 2.45) is 0 Å². The first-order chi connectivity index (χ1) is 8.59. The van der Waals surface area contributed by atoms with E-state index in [1.165, 1.54) is 12.1 Å². The molecule has 0 aliphatic heterocycles. The Morgan fingerprint density at radius 2 is 1.56 bits per heavy atom. The van der Waals surface area contributed by atoms with Crippen molar-refractivity contribution in [2.75, 3.05) is 11.9 Å². The molecule has 2 aromatic carbocycles. The highest BCUT2D eigenvalue weighted by molar-refractivity contribution is 14.1. The van der Waals surface area contributed by atoms with Gasteiger partial charge in [0.1, 0.15) is 0 Å². The Kier molecular flexibility index (Phi) is 4.16. The summed E-state index contributed by atoms with van der Waals surface area (Å²) in [5, 5.41) is 2.79. The van der Waals surface area contributed by atoms with Crippen LogP contribution < -0.4 is 5.32 Å². The van der Waals surface area contributed by atoms with E-state index in [0.29, 0.717) is 0 Å². The van der Waals surface area contributed by atoms with Gasteiger partial charge in [-0.3, -0.25) is 0 Å². The van der Waals surface area contributed by atoms with Crippen LogP contribution in [0.4, 0.5) is 14.5 Å². The molecule has 0 heterocycles. The van der Waals surface area contributed by atoms with Crippen LogP contribution in [0.15, 0.2) is 54.6 Å². The second-order valence-electron chi connectivity index (χ2n) is 3.90. The third kappa shape index (κ3) is 3.19. The highest BCUT2D eigenvalue weighted by atomic mass is 127. The molecule has 0 saturated carbocycles. The first-order valence-corrected chi connectivity index (χ1v) is 6.59. The van der Waals surface area contributed by atoms with Crippen LogP contribution in [-0.4, -0.2) is 6.54 Å². The van der Waals surface area contributed by atoms with Gasteiger partial charge in [0.25, 0.3) is 5.92 Å². The van der Waals surface area contributed by atoms with E-state index in [0.717, 1.165) is 9.26 Å². The van der Waals surface area contributed by atoms with Crippen molar-refractivity contribution in [3.8, 4) is 0 Å². The Balaban J connectivity index is 2.08. The van der Waals surface area contributed by atoms with E-state index >= 15 is 0 Å². The molecule has 0 radical (unpaired) electrons. The second-order valence-corrected chi connectivity index (χ2v) is 5.07. The topological polar surface area (TPSA) is 12.0 Å². The predicted molar refractivity (Wildman–Crippen MR) is 78.0 cm³/mol. The van der Waals surface area contributed by atoms with Gasteiger partial charge in [0.15, 0.2) is 0 Å². The van der Waals surface area contributed by atoms with Gasteiger partial charge in [-0.25, -0.2) is 0 Å². The Labute approximate surface area is 118 Å². The minimum Gasteiger partial charge on any atom is -0.378 e. The highest BCUT2D eigenvalue weighted by Crippen LogP contribution is 2.28. The minimum atomic E-state index is -2.87. The smallest absolute Gasteiger partial charge is 0.290 e. The maximum absolute atomic E-state index is 13.9. The number of halogens is 3. The molecule has 0 unspecified atom stereocenters. The van der Waals surface area contributed by atoms with Gasteiger partial charge in [-0.05, 0) is 34.7 Å². The Morgan fingerprint density at radius 3 is 2.22 bits per heavy atom. The number of hydrogen-bond acceptors (Lipinski definition) is 1. The molecule has 0 bridgehead atoms. The maximum Gasteiger partial charge on any atom is 0.290 e. The summed E-state index contributed by atoms with van der Waals surface area (Å²) in [6.07, 6.45) is 0. The Hall–Kier alpha value is -1.17. The van der Waals surface area contributed by atoms with Crippen LogP contribution in [0.25, 0.3) is 0 Å². The summed E-state index contributed by atoms with van der Waals surface area (Å²) < 4.78 is 28.7. The molecule has 18 heavy (non-hydrogen) atoms. The van der Waals surface area contributed by atoms with Crippen LogP contribution in [0.5, 0.6) is 0 Å². The van der Waals surface area contributed by atoms with Crippen molar-refractivity contribution < 1.29 is 8.78 Å². The number of hydrogen-bond donors (Lipinski definition) is 1. The van der Waals surface area contributed by atoms with Crippen LogP contribution in [-0.2, 0) is 5.92 Å². The summed E-state index contributed by atoms with van der Waals surface area (Å²) in [6.45, 7) is -0.406. The van der Waals surface area contributed by atoms with Crippen molar-refractivity contribution in [3.05, 3.63) is 63.7 Å². The number of rotatable bonds is 4. The lowest BCUT2D eigenvalue weighted by atomic mass is 10.1. The molecule has 0 saturated heterocycles. The second kappa shape index (κ2) is 5.65. The monoisotopic (exact) mass is 359 g/mol. The van der Waals surface area contributed by atoms with Gasteiger partial charge < -0.3 is 5.32 Å². The minimum absolute atomic E-state index is 0.0310. The van der Waals surface area contributed by atoms with E-state index in [1.54, 1.807) is 24.3 Å². The summed E-state index contributed by atoms with van der Waals surface area (Å²) in [5.41, 5.74) is 0.761. The summed E-state index contributed by atoms with van der Waals surface area (Å²) >= 11 is 2.12. The summed E-state index contributed by atoms with van der Waals surface area (Å²) in [7, 11) is 0. The molecule has 0 aliphatic rings.